The van der Waals surface area contributed by atoms with Gasteiger partial charge in [-0.1, -0.05) is 30.3 Å². The smallest absolute Gasteiger partial charge is 0.232 e. The van der Waals surface area contributed by atoms with E-state index in [4.69, 9.17) is 0 Å². The molecule has 5 nitrogen and oxygen atoms in total. The summed E-state index contributed by atoms with van der Waals surface area (Å²) in [7, 11) is -3.48. The fourth-order valence-electron chi connectivity index (χ4n) is 2.79. The van der Waals surface area contributed by atoms with Crippen LogP contribution in [0.3, 0.4) is 0 Å². The van der Waals surface area contributed by atoms with Crippen molar-refractivity contribution in [1.82, 2.24) is 0 Å². The third-order valence-corrected chi connectivity index (χ3v) is 5.10. The monoisotopic (exact) mass is 360 g/mol. The first-order chi connectivity index (χ1) is 11.7. The number of rotatable bonds is 6. The lowest BCUT2D eigenvalue weighted by atomic mass is 10.1. The van der Waals surface area contributed by atoms with Crippen molar-refractivity contribution in [1.29, 1.82) is 0 Å². The lowest BCUT2D eigenvalue weighted by molar-refractivity contribution is -0.116. The van der Waals surface area contributed by atoms with Crippen LogP contribution < -0.4 is 9.62 Å². The molecule has 0 saturated carbocycles. The van der Waals surface area contributed by atoms with Gasteiger partial charge in [-0.2, -0.15) is 0 Å². The van der Waals surface area contributed by atoms with Crippen molar-refractivity contribution in [3.8, 4) is 0 Å². The fraction of sp³-hybridized carbons (Fsp3) is 0.316. The number of amides is 1. The van der Waals surface area contributed by atoms with Gasteiger partial charge in [-0.25, -0.2) is 8.42 Å². The zero-order chi connectivity index (χ0) is 18.6. The Morgan fingerprint density at radius 1 is 1.04 bits per heavy atom. The molecular formula is C19H24N2O3S. The predicted octanol–water partition coefficient (Wildman–Crippen LogP) is 3.41. The number of nitrogens with one attached hydrogen (secondary N) is 1. The highest BCUT2D eigenvalue weighted by molar-refractivity contribution is 7.92. The average Bonchev–Trinajstić information content (AvgIpc) is 2.48. The molecule has 2 aromatic rings. The molecule has 1 amide bonds. The van der Waals surface area contributed by atoms with Gasteiger partial charge in [0.15, 0.2) is 0 Å². The van der Waals surface area contributed by atoms with E-state index in [9.17, 15) is 13.2 Å². The number of benzene rings is 2. The molecule has 0 spiro atoms. The molecule has 134 valence electrons. The first-order valence-electron chi connectivity index (χ1n) is 8.09. The molecule has 0 aliphatic rings. The van der Waals surface area contributed by atoms with Crippen LogP contribution in [0.5, 0.6) is 0 Å². The minimum Gasteiger partial charge on any atom is -0.326 e. The molecule has 0 bridgehead atoms. The van der Waals surface area contributed by atoms with E-state index in [2.05, 4.69) is 5.32 Å². The SMILES string of the molecule is Cc1cccc(NC(=O)CCN(c2c(C)cccc2C)S(C)(=O)=O)c1. The number of carbonyl (C=O) groups is 1. The highest BCUT2D eigenvalue weighted by Gasteiger charge is 2.21. The van der Waals surface area contributed by atoms with Crippen molar-refractivity contribution in [2.75, 3.05) is 22.4 Å². The molecule has 0 aliphatic heterocycles. The summed E-state index contributed by atoms with van der Waals surface area (Å²) in [5, 5.41) is 2.81. The Balaban J connectivity index is 2.15. The molecule has 0 aromatic heterocycles. The van der Waals surface area contributed by atoms with E-state index >= 15 is 0 Å². The van der Waals surface area contributed by atoms with E-state index in [0.29, 0.717) is 11.4 Å². The van der Waals surface area contributed by atoms with Crippen LogP contribution in [0, 0.1) is 20.8 Å². The first-order valence-corrected chi connectivity index (χ1v) is 9.94. The molecular weight excluding hydrogens is 336 g/mol. The van der Waals surface area contributed by atoms with E-state index < -0.39 is 10.0 Å². The molecule has 0 aliphatic carbocycles. The van der Waals surface area contributed by atoms with Crippen molar-refractivity contribution >= 4 is 27.3 Å². The minimum atomic E-state index is -3.48. The van der Waals surface area contributed by atoms with Crippen LogP contribution in [0.1, 0.15) is 23.1 Å². The van der Waals surface area contributed by atoms with Crippen LogP contribution in [0.15, 0.2) is 42.5 Å². The Bertz CT molecular complexity index is 856. The van der Waals surface area contributed by atoms with Gasteiger partial charge in [0.25, 0.3) is 0 Å². The van der Waals surface area contributed by atoms with Gasteiger partial charge in [-0.15, -0.1) is 0 Å². The zero-order valence-corrected chi connectivity index (χ0v) is 15.9. The van der Waals surface area contributed by atoms with Crippen LogP contribution in [0.4, 0.5) is 11.4 Å². The zero-order valence-electron chi connectivity index (χ0n) is 15.0. The normalized spacial score (nSPS) is 11.2. The molecule has 0 atom stereocenters. The van der Waals surface area contributed by atoms with E-state index in [1.165, 1.54) is 4.31 Å². The van der Waals surface area contributed by atoms with Crippen LogP contribution in [0.25, 0.3) is 0 Å². The Morgan fingerprint density at radius 2 is 1.64 bits per heavy atom. The summed E-state index contributed by atoms with van der Waals surface area (Å²) in [6, 6.07) is 13.1. The average molecular weight is 360 g/mol. The summed E-state index contributed by atoms with van der Waals surface area (Å²) in [6.07, 6.45) is 1.24. The molecule has 6 heteroatoms. The maximum atomic E-state index is 12.2. The summed E-state index contributed by atoms with van der Waals surface area (Å²) < 4.78 is 25.8. The van der Waals surface area contributed by atoms with Gasteiger partial charge in [0.05, 0.1) is 11.9 Å². The summed E-state index contributed by atoms with van der Waals surface area (Å²) in [5.74, 6) is -0.217. The Kier molecular flexibility index (Phi) is 5.85. The highest BCUT2D eigenvalue weighted by atomic mass is 32.2. The second-order valence-electron chi connectivity index (χ2n) is 6.24. The first kappa shape index (κ1) is 19.0. The molecule has 2 rings (SSSR count). The number of para-hydroxylation sites is 1. The van der Waals surface area contributed by atoms with Crippen molar-refractivity contribution in [2.45, 2.75) is 27.2 Å². The summed E-state index contributed by atoms with van der Waals surface area (Å²) >= 11 is 0. The van der Waals surface area contributed by atoms with Crippen LogP contribution in [0.2, 0.25) is 0 Å². The third kappa shape index (κ3) is 5.06. The number of aryl methyl sites for hydroxylation is 3. The molecule has 0 radical (unpaired) electrons. The van der Waals surface area contributed by atoms with Crippen LogP contribution in [-0.4, -0.2) is 27.1 Å². The highest BCUT2D eigenvalue weighted by Crippen LogP contribution is 2.27. The number of nitrogens with zero attached hydrogens (tertiary/aromatic N) is 1. The summed E-state index contributed by atoms with van der Waals surface area (Å²) in [6.45, 7) is 5.78. The molecule has 2 aromatic carbocycles. The maximum Gasteiger partial charge on any atom is 0.232 e. The van der Waals surface area contributed by atoms with Gasteiger partial charge in [-0.3, -0.25) is 9.10 Å². The molecule has 0 unspecified atom stereocenters. The van der Waals surface area contributed by atoms with Gasteiger partial charge in [0.1, 0.15) is 0 Å². The van der Waals surface area contributed by atoms with Gasteiger partial charge >= 0.3 is 0 Å². The summed E-state index contributed by atoms with van der Waals surface area (Å²) in [5.41, 5.74) is 4.14. The maximum absolute atomic E-state index is 12.2. The molecule has 1 N–H and O–H groups in total. The third-order valence-electron chi connectivity index (χ3n) is 3.93. The summed E-state index contributed by atoms with van der Waals surface area (Å²) in [4.78, 5) is 12.2. The molecule has 0 saturated heterocycles. The van der Waals surface area contributed by atoms with Gasteiger partial charge in [0.2, 0.25) is 15.9 Å². The van der Waals surface area contributed by atoms with E-state index in [-0.39, 0.29) is 18.9 Å². The lowest BCUT2D eigenvalue weighted by Crippen LogP contribution is -2.34. The van der Waals surface area contributed by atoms with Crippen LogP contribution in [-0.2, 0) is 14.8 Å². The van der Waals surface area contributed by atoms with Gasteiger partial charge in [0, 0.05) is 18.7 Å². The Hall–Kier alpha value is -2.34. The standard InChI is InChI=1S/C19H24N2O3S/c1-14-7-5-10-17(13-14)20-18(22)11-12-21(25(4,23)24)19-15(2)8-6-9-16(19)3/h5-10,13H,11-12H2,1-4H3,(H,20,22). The van der Waals surface area contributed by atoms with Crippen molar-refractivity contribution < 1.29 is 13.2 Å². The van der Waals surface area contributed by atoms with Crippen molar-refractivity contribution in [3.05, 3.63) is 59.2 Å². The topological polar surface area (TPSA) is 66.5 Å². The number of hydrogen-bond acceptors (Lipinski definition) is 3. The minimum absolute atomic E-state index is 0.0782. The second-order valence-corrected chi connectivity index (χ2v) is 8.15. The van der Waals surface area contributed by atoms with Crippen molar-refractivity contribution in [2.24, 2.45) is 0 Å². The fourth-order valence-corrected chi connectivity index (χ4v) is 3.83. The predicted molar refractivity (Wildman–Crippen MR) is 103 cm³/mol. The molecule has 0 heterocycles. The second kappa shape index (κ2) is 7.70. The van der Waals surface area contributed by atoms with Gasteiger partial charge < -0.3 is 5.32 Å². The Labute approximate surface area is 149 Å². The van der Waals surface area contributed by atoms with E-state index in [1.54, 1.807) is 0 Å². The van der Waals surface area contributed by atoms with Crippen LogP contribution >= 0.6 is 0 Å². The number of hydrogen-bond donors (Lipinski definition) is 1. The number of sulfonamides is 1. The quantitative estimate of drug-likeness (QED) is 0.858. The van der Waals surface area contributed by atoms with Crippen molar-refractivity contribution in [3.63, 3.8) is 0 Å². The lowest BCUT2D eigenvalue weighted by Gasteiger charge is -2.25. The molecule has 0 fully saturated rings. The van der Waals surface area contributed by atoms with Gasteiger partial charge in [-0.05, 0) is 49.6 Å². The number of anilines is 2. The Morgan fingerprint density at radius 3 is 2.20 bits per heavy atom. The number of carbonyl (C=O) groups excluding carboxylic acids is 1. The largest absolute Gasteiger partial charge is 0.326 e. The van der Waals surface area contributed by atoms with E-state index in [0.717, 1.165) is 22.9 Å². The molecule has 25 heavy (non-hydrogen) atoms. The van der Waals surface area contributed by atoms with E-state index in [1.807, 2.05) is 63.2 Å².